The predicted molar refractivity (Wildman–Crippen MR) is 65.5 cm³/mol. The lowest BCUT2D eigenvalue weighted by Gasteiger charge is -2.10. The van der Waals surface area contributed by atoms with Crippen LogP contribution >= 0.6 is 0 Å². The maximum atomic E-state index is 5.57. The van der Waals surface area contributed by atoms with E-state index in [9.17, 15) is 0 Å². The standard InChI is InChI=1S/C12H20N4/c1-8(2)12-15-10(5-6-13)7-11(16-12)14-9-3-4-9/h7-9H,3-6,13H2,1-2H3,(H,14,15,16). The van der Waals surface area contributed by atoms with Crippen LogP contribution < -0.4 is 11.1 Å². The molecule has 0 amide bonds. The Morgan fingerprint density at radius 2 is 2.19 bits per heavy atom. The Morgan fingerprint density at radius 3 is 2.75 bits per heavy atom. The van der Waals surface area contributed by atoms with Crippen molar-refractivity contribution in [1.82, 2.24) is 9.97 Å². The molecule has 0 aromatic carbocycles. The first-order valence-corrected chi connectivity index (χ1v) is 6.03. The van der Waals surface area contributed by atoms with Gasteiger partial charge in [0.25, 0.3) is 0 Å². The number of nitrogens with zero attached hydrogens (tertiary/aromatic N) is 2. The number of nitrogens with two attached hydrogens (primary N) is 1. The molecule has 1 aliphatic carbocycles. The van der Waals surface area contributed by atoms with Crippen molar-refractivity contribution in [2.24, 2.45) is 5.73 Å². The van der Waals surface area contributed by atoms with Crippen LogP contribution in [-0.4, -0.2) is 22.6 Å². The van der Waals surface area contributed by atoms with Crippen LogP contribution in [0.4, 0.5) is 5.82 Å². The lowest BCUT2D eigenvalue weighted by atomic mass is 10.2. The van der Waals surface area contributed by atoms with Gasteiger partial charge >= 0.3 is 0 Å². The van der Waals surface area contributed by atoms with Crippen LogP contribution in [0.25, 0.3) is 0 Å². The minimum absolute atomic E-state index is 0.359. The average molecular weight is 220 g/mol. The van der Waals surface area contributed by atoms with Crippen molar-refractivity contribution < 1.29 is 0 Å². The van der Waals surface area contributed by atoms with Gasteiger partial charge in [0.05, 0.1) is 0 Å². The van der Waals surface area contributed by atoms with E-state index in [-0.39, 0.29) is 0 Å². The van der Waals surface area contributed by atoms with Crippen LogP contribution in [0.15, 0.2) is 6.07 Å². The number of rotatable bonds is 5. The lowest BCUT2D eigenvalue weighted by Crippen LogP contribution is -2.11. The van der Waals surface area contributed by atoms with E-state index in [0.29, 0.717) is 18.5 Å². The zero-order valence-corrected chi connectivity index (χ0v) is 10.0. The molecule has 0 unspecified atom stereocenters. The summed E-state index contributed by atoms with van der Waals surface area (Å²) in [6.07, 6.45) is 3.34. The summed E-state index contributed by atoms with van der Waals surface area (Å²) in [7, 11) is 0. The van der Waals surface area contributed by atoms with Crippen molar-refractivity contribution >= 4 is 5.82 Å². The van der Waals surface area contributed by atoms with E-state index in [1.165, 1.54) is 12.8 Å². The van der Waals surface area contributed by atoms with E-state index >= 15 is 0 Å². The van der Waals surface area contributed by atoms with Crippen molar-refractivity contribution in [3.05, 3.63) is 17.6 Å². The van der Waals surface area contributed by atoms with Crippen LogP contribution in [0, 0.1) is 0 Å². The van der Waals surface area contributed by atoms with Gasteiger partial charge in [-0.05, 0) is 19.4 Å². The normalized spacial score (nSPS) is 15.5. The summed E-state index contributed by atoms with van der Waals surface area (Å²) in [5.41, 5.74) is 6.62. The second-order valence-electron chi connectivity index (χ2n) is 4.71. The number of hydrogen-bond acceptors (Lipinski definition) is 4. The molecule has 1 aromatic rings. The molecule has 0 saturated heterocycles. The Morgan fingerprint density at radius 1 is 1.44 bits per heavy atom. The van der Waals surface area contributed by atoms with Crippen molar-refractivity contribution in [2.75, 3.05) is 11.9 Å². The summed E-state index contributed by atoms with van der Waals surface area (Å²) in [5.74, 6) is 2.23. The number of nitrogens with one attached hydrogen (secondary N) is 1. The van der Waals surface area contributed by atoms with Gasteiger partial charge in [-0.3, -0.25) is 0 Å². The minimum atomic E-state index is 0.359. The van der Waals surface area contributed by atoms with E-state index in [4.69, 9.17) is 5.73 Å². The Bertz CT molecular complexity index is 358. The van der Waals surface area contributed by atoms with E-state index in [2.05, 4.69) is 29.1 Å². The van der Waals surface area contributed by atoms with Gasteiger partial charge in [-0.2, -0.15) is 0 Å². The third-order valence-corrected chi connectivity index (χ3v) is 2.64. The molecule has 1 saturated carbocycles. The summed E-state index contributed by atoms with van der Waals surface area (Å²) < 4.78 is 0. The SMILES string of the molecule is CC(C)c1nc(CCN)cc(NC2CC2)n1. The van der Waals surface area contributed by atoms with Crippen LogP contribution in [-0.2, 0) is 6.42 Å². The number of anilines is 1. The van der Waals surface area contributed by atoms with Crippen LogP contribution in [0.5, 0.6) is 0 Å². The summed E-state index contributed by atoms with van der Waals surface area (Å²) in [6, 6.07) is 2.65. The Kier molecular flexibility index (Phi) is 3.39. The first kappa shape index (κ1) is 11.3. The number of aromatic nitrogens is 2. The first-order chi connectivity index (χ1) is 7.69. The van der Waals surface area contributed by atoms with Gasteiger partial charge in [0.2, 0.25) is 0 Å². The van der Waals surface area contributed by atoms with Gasteiger partial charge in [0.15, 0.2) is 0 Å². The molecular weight excluding hydrogens is 200 g/mol. The van der Waals surface area contributed by atoms with Gasteiger partial charge in [-0.1, -0.05) is 13.8 Å². The molecule has 3 N–H and O–H groups in total. The largest absolute Gasteiger partial charge is 0.367 e. The summed E-state index contributed by atoms with van der Waals surface area (Å²) >= 11 is 0. The first-order valence-electron chi connectivity index (χ1n) is 6.03. The average Bonchev–Trinajstić information content (AvgIpc) is 3.01. The van der Waals surface area contributed by atoms with E-state index in [1.807, 2.05) is 6.07 Å². The van der Waals surface area contributed by atoms with Gasteiger partial charge in [0, 0.05) is 30.1 Å². The lowest BCUT2D eigenvalue weighted by molar-refractivity contribution is 0.753. The van der Waals surface area contributed by atoms with E-state index in [1.54, 1.807) is 0 Å². The van der Waals surface area contributed by atoms with Crippen molar-refractivity contribution in [1.29, 1.82) is 0 Å². The van der Waals surface area contributed by atoms with E-state index < -0.39 is 0 Å². The minimum Gasteiger partial charge on any atom is -0.367 e. The second-order valence-corrected chi connectivity index (χ2v) is 4.71. The highest BCUT2D eigenvalue weighted by Gasteiger charge is 2.21. The molecule has 0 aliphatic heterocycles. The molecule has 0 atom stereocenters. The molecule has 1 heterocycles. The van der Waals surface area contributed by atoms with Gasteiger partial charge < -0.3 is 11.1 Å². The van der Waals surface area contributed by atoms with Crippen LogP contribution in [0.3, 0.4) is 0 Å². The third kappa shape index (κ3) is 2.92. The Hall–Kier alpha value is -1.16. The third-order valence-electron chi connectivity index (χ3n) is 2.64. The van der Waals surface area contributed by atoms with Crippen molar-refractivity contribution in [3.63, 3.8) is 0 Å². The number of hydrogen-bond donors (Lipinski definition) is 2. The topological polar surface area (TPSA) is 63.8 Å². The molecule has 16 heavy (non-hydrogen) atoms. The van der Waals surface area contributed by atoms with Gasteiger partial charge in [-0.25, -0.2) is 9.97 Å². The van der Waals surface area contributed by atoms with Gasteiger partial charge in [-0.15, -0.1) is 0 Å². The molecule has 4 nitrogen and oxygen atoms in total. The second kappa shape index (κ2) is 4.78. The molecule has 1 aromatic heterocycles. The zero-order valence-electron chi connectivity index (χ0n) is 10.0. The molecule has 2 rings (SSSR count). The van der Waals surface area contributed by atoms with Crippen molar-refractivity contribution in [2.45, 2.75) is 45.1 Å². The predicted octanol–water partition coefficient (Wildman–Crippen LogP) is 1.68. The van der Waals surface area contributed by atoms with Crippen LogP contribution in [0.1, 0.15) is 44.1 Å². The molecular formula is C12H20N4. The molecule has 0 spiro atoms. The summed E-state index contributed by atoms with van der Waals surface area (Å²) in [5, 5.41) is 3.42. The molecule has 4 heteroatoms. The Labute approximate surface area is 96.7 Å². The molecule has 88 valence electrons. The van der Waals surface area contributed by atoms with E-state index in [0.717, 1.165) is 23.8 Å². The highest BCUT2D eigenvalue weighted by molar-refractivity contribution is 5.39. The highest BCUT2D eigenvalue weighted by Crippen LogP contribution is 2.24. The smallest absolute Gasteiger partial charge is 0.133 e. The molecule has 1 fully saturated rings. The fourth-order valence-corrected chi connectivity index (χ4v) is 1.56. The van der Waals surface area contributed by atoms with Crippen molar-refractivity contribution in [3.8, 4) is 0 Å². The Balaban J connectivity index is 2.20. The maximum Gasteiger partial charge on any atom is 0.133 e. The maximum absolute atomic E-state index is 5.57. The quantitative estimate of drug-likeness (QED) is 0.792. The highest BCUT2D eigenvalue weighted by atomic mass is 15.1. The summed E-state index contributed by atoms with van der Waals surface area (Å²) in [4.78, 5) is 9.05. The molecule has 0 radical (unpaired) electrons. The summed E-state index contributed by atoms with van der Waals surface area (Å²) in [6.45, 7) is 4.86. The van der Waals surface area contributed by atoms with Gasteiger partial charge in [0.1, 0.15) is 11.6 Å². The fraction of sp³-hybridized carbons (Fsp3) is 0.667. The monoisotopic (exact) mass is 220 g/mol. The van der Waals surface area contributed by atoms with Crippen LogP contribution in [0.2, 0.25) is 0 Å². The fourth-order valence-electron chi connectivity index (χ4n) is 1.56. The molecule has 0 bridgehead atoms. The molecule has 1 aliphatic rings. The zero-order chi connectivity index (χ0) is 11.5.